The second-order valence-corrected chi connectivity index (χ2v) is 7.65. The van der Waals surface area contributed by atoms with Crippen LogP contribution in [0.15, 0.2) is 78.3 Å². The van der Waals surface area contributed by atoms with Gasteiger partial charge in [0.15, 0.2) is 5.65 Å². The topological polar surface area (TPSA) is 125 Å². The number of carbonyl (C=O) groups is 2. The molecule has 0 fully saturated rings. The molecule has 4 heterocycles. The molecular weight excluding hydrogens is 503 g/mol. The molecule has 5 rings (SSSR count). The lowest BCUT2D eigenvalue weighted by molar-refractivity contribution is -0.192. The van der Waals surface area contributed by atoms with Crippen LogP contribution in [0.5, 0.6) is 0 Å². The van der Waals surface area contributed by atoms with Crippen LogP contribution in [0.4, 0.5) is 23.8 Å². The summed E-state index contributed by atoms with van der Waals surface area (Å²) in [6.45, 7) is 0. The van der Waals surface area contributed by atoms with E-state index in [-0.39, 0.29) is 12.1 Å². The van der Waals surface area contributed by atoms with Gasteiger partial charge in [-0.15, -0.1) is 0 Å². The van der Waals surface area contributed by atoms with Gasteiger partial charge in [-0.05, 0) is 35.7 Å². The Balaban J connectivity index is 0.000000426. The fourth-order valence-electron chi connectivity index (χ4n) is 3.36. The van der Waals surface area contributed by atoms with Crippen LogP contribution in [-0.2, 0) is 4.79 Å². The molecule has 1 atom stereocenters. The first-order valence-corrected chi connectivity index (χ1v) is 11.0. The minimum atomic E-state index is -5.08. The summed E-state index contributed by atoms with van der Waals surface area (Å²) < 4.78 is 33.4. The van der Waals surface area contributed by atoms with Crippen LogP contribution < -0.4 is 5.32 Å². The molecule has 0 aliphatic carbocycles. The number of carbonyl (C=O) groups excluding carboxylic acids is 1. The largest absolute Gasteiger partial charge is 0.490 e. The minimum absolute atomic E-state index is 0.133. The van der Waals surface area contributed by atoms with Gasteiger partial charge in [0.25, 0.3) is 0 Å². The van der Waals surface area contributed by atoms with Crippen LogP contribution in [-0.4, -0.2) is 54.1 Å². The fraction of sp³-hybridized carbons (Fsp3) is 0.120. The highest BCUT2D eigenvalue weighted by atomic mass is 19.4. The molecule has 192 valence electrons. The van der Waals surface area contributed by atoms with E-state index in [0.29, 0.717) is 23.5 Å². The average Bonchev–Trinajstić information content (AvgIpc) is 3.56. The van der Waals surface area contributed by atoms with Crippen molar-refractivity contribution in [2.45, 2.75) is 18.6 Å². The number of carboxylic acid groups (broad SMARTS) is 1. The molecule has 38 heavy (non-hydrogen) atoms. The number of fused-ring (bicyclic) bond motifs is 1. The maximum Gasteiger partial charge on any atom is 0.490 e. The van der Waals surface area contributed by atoms with E-state index >= 15 is 0 Å². The van der Waals surface area contributed by atoms with E-state index in [1.807, 2.05) is 42.5 Å². The molecular formula is C25H18F3N7O3. The molecule has 2 amide bonds. The van der Waals surface area contributed by atoms with Gasteiger partial charge < -0.3 is 5.11 Å². The number of nitrogens with zero attached hydrogens (tertiary/aromatic N) is 6. The molecule has 0 bridgehead atoms. The number of anilines is 1. The zero-order valence-corrected chi connectivity index (χ0v) is 19.4. The predicted octanol–water partition coefficient (Wildman–Crippen LogP) is 4.12. The lowest BCUT2D eigenvalue weighted by atomic mass is 10.1. The molecule has 2 N–H and O–H groups in total. The van der Waals surface area contributed by atoms with E-state index < -0.39 is 12.1 Å². The second kappa shape index (κ2) is 11.2. The number of aromatic nitrogens is 4. The van der Waals surface area contributed by atoms with Crippen molar-refractivity contribution in [3.63, 3.8) is 0 Å². The normalized spacial score (nSPS) is 14.3. The number of rotatable bonds is 2. The lowest BCUT2D eigenvalue weighted by Gasteiger charge is -2.22. The first-order valence-electron chi connectivity index (χ1n) is 11.0. The van der Waals surface area contributed by atoms with Gasteiger partial charge >= 0.3 is 18.2 Å². The van der Waals surface area contributed by atoms with Crippen molar-refractivity contribution in [2.75, 3.05) is 5.32 Å². The Labute approximate surface area is 213 Å². The number of aliphatic carboxylic acids is 1. The van der Waals surface area contributed by atoms with Crippen molar-refractivity contribution < 1.29 is 27.9 Å². The zero-order chi connectivity index (χ0) is 27.1. The third-order valence-electron chi connectivity index (χ3n) is 5.07. The van der Waals surface area contributed by atoms with Gasteiger partial charge in [-0.1, -0.05) is 36.3 Å². The summed E-state index contributed by atoms with van der Waals surface area (Å²) in [6.07, 6.45) is 2.30. The SMILES string of the molecule is O=C(Nc1cc(C#Cc2cnc3cccnn23)ccn1)N1N=CCC1c1ccccc1.O=C(O)C(F)(F)F. The van der Waals surface area contributed by atoms with E-state index in [1.165, 1.54) is 5.01 Å². The molecule has 4 aromatic rings. The Morgan fingerprint density at radius 2 is 1.79 bits per heavy atom. The van der Waals surface area contributed by atoms with E-state index in [1.54, 1.807) is 41.5 Å². The van der Waals surface area contributed by atoms with E-state index in [2.05, 4.69) is 37.3 Å². The van der Waals surface area contributed by atoms with Gasteiger partial charge in [-0.2, -0.15) is 23.4 Å². The summed E-state index contributed by atoms with van der Waals surface area (Å²) in [6, 6.07) is 16.5. The van der Waals surface area contributed by atoms with Crippen molar-refractivity contribution >= 4 is 29.7 Å². The summed E-state index contributed by atoms with van der Waals surface area (Å²) in [5, 5.41) is 19.9. The summed E-state index contributed by atoms with van der Waals surface area (Å²) >= 11 is 0. The molecule has 1 unspecified atom stereocenters. The third kappa shape index (κ3) is 6.30. The summed E-state index contributed by atoms with van der Waals surface area (Å²) in [5.74, 6) is 3.78. The molecule has 3 aromatic heterocycles. The molecule has 13 heteroatoms. The molecule has 1 aromatic carbocycles. The molecule has 1 aliphatic heterocycles. The van der Waals surface area contributed by atoms with E-state index in [9.17, 15) is 18.0 Å². The molecule has 10 nitrogen and oxygen atoms in total. The number of amides is 2. The zero-order valence-electron chi connectivity index (χ0n) is 19.4. The highest BCUT2D eigenvalue weighted by Gasteiger charge is 2.38. The standard InChI is InChI=1S/C23H17N7O.C2HF3O2/c31-23(30-20(11-14-27-30)18-5-2-1-3-6-18)28-21-15-17(10-13-24-21)8-9-19-16-25-22-7-4-12-26-29(19)22;3-2(4,5)1(6)7/h1-7,10,12-16,20H,11H2,(H,24,28,31);(H,6,7). The van der Waals surface area contributed by atoms with E-state index in [4.69, 9.17) is 9.90 Å². The number of hydrazone groups is 1. The van der Waals surface area contributed by atoms with Gasteiger partial charge in [0, 0.05) is 30.6 Å². The third-order valence-corrected chi connectivity index (χ3v) is 5.07. The Morgan fingerprint density at radius 1 is 1.03 bits per heavy atom. The van der Waals surface area contributed by atoms with Crippen LogP contribution in [0.3, 0.4) is 0 Å². The quantitative estimate of drug-likeness (QED) is 0.383. The number of hydrogen-bond acceptors (Lipinski definition) is 6. The van der Waals surface area contributed by atoms with Gasteiger partial charge in [0.05, 0.1) is 12.2 Å². The highest BCUT2D eigenvalue weighted by molar-refractivity contribution is 5.90. The Hall–Kier alpha value is -5.25. The maximum atomic E-state index is 12.8. The Kier molecular flexibility index (Phi) is 7.62. The number of hydrogen-bond donors (Lipinski definition) is 2. The van der Waals surface area contributed by atoms with Crippen molar-refractivity contribution in [1.29, 1.82) is 0 Å². The molecule has 0 saturated carbocycles. The van der Waals surface area contributed by atoms with Gasteiger partial charge in [-0.25, -0.2) is 29.1 Å². The average molecular weight is 521 g/mol. The maximum absolute atomic E-state index is 12.8. The summed E-state index contributed by atoms with van der Waals surface area (Å²) in [5.41, 5.74) is 3.15. The van der Waals surface area contributed by atoms with Gasteiger partial charge in [0.2, 0.25) is 0 Å². The molecule has 0 spiro atoms. The number of carboxylic acids is 1. The second-order valence-electron chi connectivity index (χ2n) is 7.65. The number of urea groups is 1. The monoisotopic (exact) mass is 521 g/mol. The number of benzene rings is 1. The summed E-state index contributed by atoms with van der Waals surface area (Å²) in [7, 11) is 0. The minimum Gasteiger partial charge on any atom is -0.475 e. The van der Waals surface area contributed by atoms with Crippen LogP contribution in [0, 0.1) is 11.8 Å². The van der Waals surface area contributed by atoms with Crippen molar-refractivity contribution in [3.8, 4) is 11.8 Å². The van der Waals surface area contributed by atoms with Crippen molar-refractivity contribution in [1.82, 2.24) is 24.6 Å². The van der Waals surface area contributed by atoms with Crippen LogP contribution >= 0.6 is 0 Å². The van der Waals surface area contributed by atoms with Crippen LogP contribution in [0.1, 0.15) is 29.3 Å². The Bertz CT molecular complexity index is 1540. The van der Waals surface area contributed by atoms with Crippen LogP contribution in [0.25, 0.3) is 5.65 Å². The first-order chi connectivity index (χ1) is 18.2. The first kappa shape index (κ1) is 25.8. The number of imidazole rings is 1. The number of pyridine rings is 1. The fourth-order valence-corrected chi connectivity index (χ4v) is 3.36. The molecule has 1 aliphatic rings. The van der Waals surface area contributed by atoms with E-state index in [0.717, 1.165) is 11.2 Å². The molecule has 0 saturated heterocycles. The molecule has 0 radical (unpaired) electrons. The predicted molar refractivity (Wildman–Crippen MR) is 130 cm³/mol. The number of alkyl halides is 3. The number of halogens is 3. The smallest absolute Gasteiger partial charge is 0.475 e. The van der Waals surface area contributed by atoms with Gasteiger partial charge in [-0.3, -0.25) is 5.32 Å². The highest BCUT2D eigenvalue weighted by Crippen LogP contribution is 2.28. The van der Waals surface area contributed by atoms with Crippen LogP contribution in [0.2, 0.25) is 0 Å². The Morgan fingerprint density at radius 3 is 2.53 bits per heavy atom. The van der Waals surface area contributed by atoms with Crippen molar-refractivity contribution in [3.05, 3.63) is 90.0 Å². The van der Waals surface area contributed by atoms with Gasteiger partial charge in [0.1, 0.15) is 11.5 Å². The summed E-state index contributed by atoms with van der Waals surface area (Å²) in [4.78, 5) is 30.2. The lowest BCUT2D eigenvalue weighted by Crippen LogP contribution is -2.31. The number of nitrogens with one attached hydrogen (secondary N) is 1. The van der Waals surface area contributed by atoms with Crippen molar-refractivity contribution in [2.24, 2.45) is 5.10 Å².